The maximum absolute atomic E-state index is 12.5. The van der Waals surface area contributed by atoms with E-state index in [0.29, 0.717) is 17.0 Å². The van der Waals surface area contributed by atoms with E-state index in [9.17, 15) is 13.2 Å². The number of rotatable bonds is 6. The first kappa shape index (κ1) is 16.6. The smallest absolute Gasteiger partial charge is 0.264 e. The standard InChI is InChI=1S/C15H15N3O4S2/c1-10(9-11-3-2-8-22-11)18-24(20,21)15-7-5-13(23-15)12-4-6-14(19)17-16-12/h2-8,10,18H,9H2,1H3,(H,17,19)/t10-/m1/s1. The van der Waals surface area contributed by atoms with Gasteiger partial charge in [-0.1, -0.05) is 0 Å². The monoisotopic (exact) mass is 365 g/mol. The van der Waals surface area contributed by atoms with Crippen molar-refractivity contribution in [1.29, 1.82) is 0 Å². The number of aromatic nitrogens is 2. The Labute approximate surface area is 142 Å². The molecule has 3 heterocycles. The highest BCUT2D eigenvalue weighted by molar-refractivity contribution is 7.91. The van der Waals surface area contributed by atoms with Gasteiger partial charge in [0, 0.05) is 18.5 Å². The van der Waals surface area contributed by atoms with E-state index >= 15 is 0 Å². The third-order valence-electron chi connectivity index (χ3n) is 3.22. The largest absolute Gasteiger partial charge is 0.469 e. The van der Waals surface area contributed by atoms with Gasteiger partial charge in [0.25, 0.3) is 5.56 Å². The average Bonchev–Trinajstić information content (AvgIpc) is 3.18. The minimum absolute atomic E-state index is 0.191. The molecule has 3 aromatic rings. The van der Waals surface area contributed by atoms with E-state index in [2.05, 4.69) is 14.9 Å². The Morgan fingerprint density at radius 2 is 2.12 bits per heavy atom. The molecule has 0 aromatic carbocycles. The van der Waals surface area contributed by atoms with Gasteiger partial charge in [-0.2, -0.15) is 5.10 Å². The number of nitrogens with one attached hydrogen (secondary N) is 2. The molecule has 9 heteroatoms. The van der Waals surface area contributed by atoms with Gasteiger partial charge in [0.1, 0.15) is 15.7 Å². The fraction of sp³-hybridized carbons (Fsp3) is 0.200. The Kier molecular flexibility index (Phi) is 4.65. The van der Waals surface area contributed by atoms with Gasteiger partial charge in [-0.3, -0.25) is 4.79 Å². The van der Waals surface area contributed by atoms with Crippen molar-refractivity contribution in [3.8, 4) is 10.6 Å². The van der Waals surface area contributed by atoms with Crippen LogP contribution in [0.2, 0.25) is 0 Å². The normalized spacial score (nSPS) is 13.0. The molecule has 1 atom stereocenters. The summed E-state index contributed by atoms with van der Waals surface area (Å²) in [5, 5.41) is 6.23. The third-order valence-corrected chi connectivity index (χ3v) is 6.41. The number of sulfonamides is 1. The van der Waals surface area contributed by atoms with Gasteiger partial charge < -0.3 is 4.42 Å². The van der Waals surface area contributed by atoms with Gasteiger partial charge in [0.15, 0.2) is 0 Å². The van der Waals surface area contributed by atoms with Crippen LogP contribution in [0.25, 0.3) is 10.6 Å². The fourth-order valence-electron chi connectivity index (χ4n) is 2.18. The molecule has 0 unspecified atom stereocenters. The summed E-state index contributed by atoms with van der Waals surface area (Å²) < 4.78 is 33.0. The van der Waals surface area contributed by atoms with E-state index < -0.39 is 10.0 Å². The van der Waals surface area contributed by atoms with Crippen molar-refractivity contribution in [3.05, 3.63) is 58.8 Å². The summed E-state index contributed by atoms with van der Waals surface area (Å²) in [7, 11) is -3.63. The molecule has 3 aromatic heterocycles. The predicted molar refractivity (Wildman–Crippen MR) is 90.4 cm³/mol. The lowest BCUT2D eigenvalue weighted by molar-refractivity contribution is 0.479. The molecule has 0 saturated heterocycles. The van der Waals surface area contributed by atoms with E-state index in [1.807, 2.05) is 0 Å². The van der Waals surface area contributed by atoms with Crippen LogP contribution >= 0.6 is 11.3 Å². The summed E-state index contributed by atoms with van der Waals surface area (Å²) in [6, 6.07) is 9.34. The lowest BCUT2D eigenvalue weighted by atomic mass is 10.2. The molecule has 0 fully saturated rings. The molecule has 0 bridgehead atoms. The quantitative estimate of drug-likeness (QED) is 0.695. The minimum atomic E-state index is -3.63. The van der Waals surface area contributed by atoms with Gasteiger partial charge >= 0.3 is 0 Å². The number of hydrogen-bond acceptors (Lipinski definition) is 6. The summed E-state index contributed by atoms with van der Waals surface area (Å²) >= 11 is 1.09. The first-order valence-electron chi connectivity index (χ1n) is 7.15. The Morgan fingerprint density at radius 1 is 1.29 bits per heavy atom. The molecule has 0 aliphatic heterocycles. The van der Waals surface area contributed by atoms with E-state index in [0.717, 1.165) is 17.1 Å². The third kappa shape index (κ3) is 3.81. The summed E-state index contributed by atoms with van der Waals surface area (Å²) in [5.41, 5.74) is 0.209. The van der Waals surface area contributed by atoms with Gasteiger partial charge in [-0.05, 0) is 37.3 Å². The first-order chi connectivity index (χ1) is 11.4. The molecule has 7 nitrogen and oxygen atoms in total. The maximum atomic E-state index is 12.5. The Hall–Kier alpha value is -2.23. The number of thiophene rings is 1. The van der Waals surface area contributed by atoms with Crippen molar-refractivity contribution in [2.45, 2.75) is 23.6 Å². The van der Waals surface area contributed by atoms with Crippen LogP contribution in [0, 0.1) is 0 Å². The second-order valence-electron chi connectivity index (χ2n) is 5.23. The molecular formula is C15H15N3O4S2. The topological polar surface area (TPSA) is 105 Å². The summed E-state index contributed by atoms with van der Waals surface area (Å²) in [6.07, 6.45) is 2.02. The number of aromatic amines is 1. The molecule has 0 amide bonds. The second kappa shape index (κ2) is 6.71. The number of nitrogens with zero attached hydrogens (tertiary/aromatic N) is 1. The summed E-state index contributed by atoms with van der Waals surface area (Å²) in [5.74, 6) is 0.717. The highest BCUT2D eigenvalue weighted by Crippen LogP contribution is 2.29. The molecule has 24 heavy (non-hydrogen) atoms. The SMILES string of the molecule is C[C@H](Cc1ccco1)NS(=O)(=O)c1ccc(-c2ccc(=O)[nH]n2)s1. The highest BCUT2D eigenvalue weighted by atomic mass is 32.2. The van der Waals surface area contributed by atoms with Crippen molar-refractivity contribution in [2.75, 3.05) is 0 Å². The van der Waals surface area contributed by atoms with Crippen LogP contribution in [-0.2, 0) is 16.4 Å². The molecular weight excluding hydrogens is 350 g/mol. The van der Waals surface area contributed by atoms with Crippen molar-refractivity contribution < 1.29 is 12.8 Å². The first-order valence-corrected chi connectivity index (χ1v) is 9.45. The number of H-pyrrole nitrogens is 1. The molecule has 2 N–H and O–H groups in total. The molecule has 0 aliphatic rings. The molecule has 0 radical (unpaired) electrons. The van der Waals surface area contributed by atoms with Crippen LogP contribution in [0.3, 0.4) is 0 Å². The van der Waals surface area contributed by atoms with Crippen molar-refractivity contribution >= 4 is 21.4 Å². The van der Waals surface area contributed by atoms with Crippen LogP contribution in [0.5, 0.6) is 0 Å². The van der Waals surface area contributed by atoms with Crippen LogP contribution in [0.4, 0.5) is 0 Å². The molecule has 3 rings (SSSR count). The van der Waals surface area contributed by atoms with Crippen molar-refractivity contribution in [2.24, 2.45) is 0 Å². The molecule has 0 spiro atoms. The predicted octanol–water partition coefficient (Wildman–Crippen LogP) is 2.00. The molecule has 126 valence electrons. The van der Waals surface area contributed by atoms with E-state index in [1.54, 1.807) is 37.5 Å². The van der Waals surface area contributed by atoms with Gasteiger partial charge in [0.05, 0.1) is 11.1 Å². The Bertz CT molecular complexity index is 954. The zero-order valence-corrected chi connectivity index (χ0v) is 14.4. The average molecular weight is 365 g/mol. The van der Waals surface area contributed by atoms with Crippen molar-refractivity contribution in [1.82, 2.24) is 14.9 Å². The van der Waals surface area contributed by atoms with Crippen LogP contribution in [0.1, 0.15) is 12.7 Å². The maximum Gasteiger partial charge on any atom is 0.264 e. The van der Waals surface area contributed by atoms with Gasteiger partial charge in [-0.25, -0.2) is 18.2 Å². The van der Waals surface area contributed by atoms with Crippen molar-refractivity contribution in [3.63, 3.8) is 0 Å². The zero-order chi connectivity index (χ0) is 17.2. The second-order valence-corrected chi connectivity index (χ2v) is 8.26. The fourth-order valence-corrected chi connectivity index (χ4v) is 4.72. The number of hydrogen-bond donors (Lipinski definition) is 2. The van der Waals surface area contributed by atoms with Crippen LogP contribution in [0.15, 0.2) is 56.1 Å². The summed E-state index contributed by atoms with van der Waals surface area (Å²) in [6.45, 7) is 1.78. The van der Waals surface area contributed by atoms with Gasteiger partial charge in [-0.15, -0.1) is 11.3 Å². The van der Waals surface area contributed by atoms with Crippen LogP contribution < -0.4 is 10.3 Å². The van der Waals surface area contributed by atoms with E-state index in [4.69, 9.17) is 4.42 Å². The van der Waals surface area contributed by atoms with Gasteiger partial charge in [0.2, 0.25) is 10.0 Å². The minimum Gasteiger partial charge on any atom is -0.469 e. The number of furan rings is 1. The van der Waals surface area contributed by atoms with E-state index in [-0.39, 0.29) is 15.8 Å². The zero-order valence-electron chi connectivity index (χ0n) is 12.7. The Morgan fingerprint density at radius 3 is 2.79 bits per heavy atom. The Balaban J connectivity index is 1.75. The lowest BCUT2D eigenvalue weighted by Gasteiger charge is -2.11. The highest BCUT2D eigenvalue weighted by Gasteiger charge is 2.21. The summed E-state index contributed by atoms with van der Waals surface area (Å²) in [4.78, 5) is 11.7. The lowest BCUT2D eigenvalue weighted by Crippen LogP contribution is -2.33. The molecule has 0 aliphatic carbocycles. The van der Waals surface area contributed by atoms with E-state index in [1.165, 1.54) is 12.1 Å². The van der Waals surface area contributed by atoms with Crippen LogP contribution in [-0.4, -0.2) is 24.7 Å². The molecule has 0 saturated carbocycles.